The molecule has 0 spiro atoms. The minimum Gasteiger partial charge on any atom is -0.247 e. The van der Waals surface area contributed by atoms with E-state index in [2.05, 4.69) is 118 Å². The molecule has 1 unspecified atom stereocenters. The summed E-state index contributed by atoms with van der Waals surface area (Å²) >= 11 is 0. The Bertz CT molecular complexity index is 1620. The van der Waals surface area contributed by atoms with E-state index in [-0.39, 0.29) is 0 Å². The summed E-state index contributed by atoms with van der Waals surface area (Å²) < 4.78 is 0. The summed E-state index contributed by atoms with van der Waals surface area (Å²) in [7, 11) is 0. The highest BCUT2D eigenvalue weighted by atomic mass is 14.7. The first-order valence-electron chi connectivity index (χ1n) is 12.3. The Morgan fingerprint density at radius 2 is 1.18 bits per heavy atom. The minimum absolute atomic E-state index is 0.359. The second-order valence-corrected chi connectivity index (χ2v) is 9.85. The molecule has 1 nitrogen and oxygen atoms in total. The van der Waals surface area contributed by atoms with Crippen LogP contribution in [-0.2, 0) is 6.42 Å². The van der Waals surface area contributed by atoms with Gasteiger partial charge in [-0.1, -0.05) is 106 Å². The molecule has 0 aliphatic rings. The summed E-state index contributed by atoms with van der Waals surface area (Å²) in [6.45, 7) is 6.95. The molecule has 0 fully saturated rings. The molecule has 0 radical (unpaired) electrons. The third-order valence-corrected chi connectivity index (χ3v) is 7.25. The number of hydrogen-bond acceptors (Lipinski definition) is 1. The number of hydrogen-bond donors (Lipinski definition) is 0. The number of benzene rings is 5. The third-order valence-electron chi connectivity index (χ3n) is 7.25. The lowest BCUT2D eigenvalue weighted by Crippen LogP contribution is -2.03. The van der Waals surface area contributed by atoms with Gasteiger partial charge in [-0.2, -0.15) is 0 Å². The Hall–Kier alpha value is -3.71. The molecule has 0 bridgehead atoms. The second-order valence-electron chi connectivity index (χ2n) is 9.85. The molecule has 166 valence electrons. The first-order valence-corrected chi connectivity index (χ1v) is 12.3. The van der Waals surface area contributed by atoms with Crippen molar-refractivity contribution >= 4 is 43.4 Å². The van der Waals surface area contributed by atoms with Crippen LogP contribution < -0.4 is 0 Å². The molecule has 0 amide bonds. The van der Waals surface area contributed by atoms with Crippen LogP contribution in [0.25, 0.3) is 43.4 Å². The highest BCUT2D eigenvalue weighted by Crippen LogP contribution is 2.38. The van der Waals surface area contributed by atoms with Gasteiger partial charge in [0.25, 0.3) is 0 Å². The lowest BCUT2D eigenvalue weighted by Gasteiger charge is -2.20. The van der Waals surface area contributed by atoms with Crippen LogP contribution in [0.5, 0.6) is 0 Å². The van der Waals surface area contributed by atoms with Gasteiger partial charge >= 0.3 is 0 Å². The molecule has 0 saturated heterocycles. The predicted molar refractivity (Wildman–Crippen MR) is 147 cm³/mol. The predicted octanol–water partition coefficient (Wildman–Crippen LogP) is 9.16. The molecule has 5 aromatic carbocycles. The molecule has 1 heterocycles. The van der Waals surface area contributed by atoms with Gasteiger partial charge in [0.2, 0.25) is 0 Å². The molecule has 0 aliphatic carbocycles. The fourth-order valence-corrected chi connectivity index (χ4v) is 5.80. The number of fused-ring (bicyclic) bond motifs is 4. The molecule has 1 atom stereocenters. The van der Waals surface area contributed by atoms with E-state index in [4.69, 9.17) is 4.98 Å². The van der Waals surface area contributed by atoms with Gasteiger partial charge in [0.1, 0.15) is 0 Å². The van der Waals surface area contributed by atoms with Crippen LogP contribution in [-0.4, -0.2) is 4.98 Å². The van der Waals surface area contributed by atoms with Crippen LogP contribution in [0.2, 0.25) is 0 Å². The zero-order valence-corrected chi connectivity index (χ0v) is 20.0. The maximum Gasteiger partial charge on any atom is 0.0744 e. The van der Waals surface area contributed by atoms with Gasteiger partial charge in [-0.05, 0) is 68.6 Å². The van der Waals surface area contributed by atoms with Crippen molar-refractivity contribution in [1.29, 1.82) is 0 Å². The summed E-state index contributed by atoms with van der Waals surface area (Å²) in [6.07, 6.45) is 0.957. The van der Waals surface area contributed by atoms with E-state index in [1.54, 1.807) is 0 Å². The van der Waals surface area contributed by atoms with Crippen molar-refractivity contribution in [3.05, 3.63) is 114 Å². The van der Waals surface area contributed by atoms with Gasteiger partial charge in [-0.15, -0.1) is 0 Å². The Balaban J connectivity index is 1.56. The fourth-order valence-electron chi connectivity index (χ4n) is 5.80. The number of nitrogens with zero attached hydrogens (tertiary/aromatic N) is 1. The molecule has 6 aromatic rings. The van der Waals surface area contributed by atoms with Gasteiger partial charge in [0.15, 0.2) is 0 Å². The summed E-state index contributed by atoms with van der Waals surface area (Å²) in [5.41, 5.74) is 6.42. The first kappa shape index (κ1) is 20.9. The number of para-hydroxylation sites is 2. The van der Waals surface area contributed by atoms with Crippen molar-refractivity contribution in [2.24, 2.45) is 0 Å². The summed E-state index contributed by atoms with van der Waals surface area (Å²) in [6, 6.07) is 35.3. The average molecular weight is 440 g/mol. The maximum atomic E-state index is 5.19. The van der Waals surface area contributed by atoms with Gasteiger partial charge in [-0.3, -0.25) is 0 Å². The summed E-state index contributed by atoms with van der Waals surface area (Å²) in [5, 5.41) is 7.90. The smallest absolute Gasteiger partial charge is 0.0744 e. The molecule has 1 heteroatoms. The normalized spacial score (nSPS) is 12.8. The quantitative estimate of drug-likeness (QED) is 0.249. The largest absolute Gasteiger partial charge is 0.247 e. The lowest BCUT2D eigenvalue weighted by atomic mass is 9.85. The van der Waals surface area contributed by atoms with Gasteiger partial charge in [-0.25, -0.2) is 4.98 Å². The van der Waals surface area contributed by atoms with Crippen molar-refractivity contribution in [3.63, 3.8) is 0 Å². The Kier molecular flexibility index (Phi) is 5.07. The van der Waals surface area contributed by atoms with Crippen molar-refractivity contribution < 1.29 is 0 Å². The van der Waals surface area contributed by atoms with Crippen LogP contribution in [0.4, 0.5) is 0 Å². The van der Waals surface area contributed by atoms with E-state index >= 15 is 0 Å². The van der Waals surface area contributed by atoms with E-state index in [1.165, 1.54) is 49.0 Å². The van der Waals surface area contributed by atoms with Crippen molar-refractivity contribution in [2.45, 2.75) is 39.0 Å². The van der Waals surface area contributed by atoms with Crippen LogP contribution in [0.15, 0.2) is 97.1 Å². The molecule has 34 heavy (non-hydrogen) atoms. The number of aromatic nitrogens is 1. The van der Waals surface area contributed by atoms with Crippen LogP contribution in [0.1, 0.15) is 49.3 Å². The summed E-state index contributed by atoms with van der Waals surface area (Å²) in [5.74, 6) is 0.794. The Morgan fingerprint density at radius 1 is 0.588 bits per heavy atom. The first-order chi connectivity index (χ1) is 16.6. The third kappa shape index (κ3) is 3.35. The summed E-state index contributed by atoms with van der Waals surface area (Å²) in [4.78, 5) is 5.19. The van der Waals surface area contributed by atoms with Crippen LogP contribution in [0, 0.1) is 0 Å². The highest BCUT2D eigenvalue weighted by Gasteiger charge is 2.18. The highest BCUT2D eigenvalue weighted by molar-refractivity contribution is 6.03. The van der Waals surface area contributed by atoms with Crippen molar-refractivity contribution in [2.75, 3.05) is 0 Å². The standard InChI is InChI=1S/C33H29N/c1-21(2)31-28-16-8-9-18-30(28)34-33-25(13-10-17-29(31)33)19-22(3)32-26-14-6-4-11-23(26)20-24-12-5-7-15-27(24)32/h4-18,20-22H,19H2,1-3H3. The molecular weight excluding hydrogens is 410 g/mol. The van der Waals surface area contributed by atoms with Gasteiger partial charge < -0.3 is 0 Å². The topological polar surface area (TPSA) is 12.9 Å². The number of pyridine rings is 1. The van der Waals surface area contributed by atoms with Gasteiger partial charge in [0.05, 0.1) is 11.0 Å². The average Bonchev–Trinajstić information content (AvgIpc) is 2.85. The lowest BCUT2D eigenvalue weighted by molar-refractivity contribution is 0.775. The van der Waals surface area contributed by atoms with E-state index in [9.17, 15) is 0 Å². The van der Waals surface area contributed by atoms with E-state index in [1.807, 2.05) is 0 Å². The van der Waals surface area contributed by atoms with Crippen molar-refractivity contribution in [1.82, 2.24) is 4.98 Å². The zero-order chi connectivity index (χ0) is 23.2. The molecule has 1 aromatic heterocycles. The van der Waals surface area contributed by atoms with Crippen LogP contribution in [0.3, 0.4) is 0 Å². The van der Waals surface area contributed by atoms with Crippen molar-refractivity contribution in [3.8, 4) is 0 Å². The Morgan fingerprint density at radius 3 is 1.85 bits per heavy atom. The second kappa shape index (κ2) is 8.25. The monoisotopic (exact) mass is 439 g/mol. The zero-order valence-electron chi connectivity index (χ0n) is 20.0. The maximum absolute atomic E-state index is 5.19. The van der Waals surface area contributed by atoms with Crippen LogP contribution >= 0.6 is 0 Å². The molecule has 0 aliphatic heterocycles. The minimum atomic E-state index is 0.359. The molecule has 0 saturated carbocycles. The SMILES string of the molecule is CC(C)c1c2ccccc2nc2c(CC(C)c3c4ccccc4cc4ccccc34)cccc12. The molecule has 6 rings (SSSR count). The number of rotatable bonds is 4. The Labute approximate surface area is 201 Å². The molecule has 0 N–H and O–H groups in total. The van der Waals surface area contributed by atoms with E-state index < -0.39 is 0 Å². The van der Waals surface area contributed by atoms with E-state index in [0.29, 0.717) is 11.8 Å². The van der Waals surface area contributed by atoms with E-state index in [0.717, 1.165) is 17.5 Å². The molecular formula is C33H29N. The van der Waals surface area contributed by atoms with Gasteiger partial charge in [0, 0.05) is 10.8 Å². The fraction of sp³-hybridized carbons (Fsp3) is 0.182.